The van der Waals surface area contributed by atoms with E-state index in [-0.39, 0.29) is 61.8 Å². The number of nitrogens with zero attached hydrogens (tertiary/aromatic N) is 3. The lowest BCUT2D eigenvalue weighted by molar-refractivity contribution is -0.0571. The highest BCUT2D eigenvalue weighted by atomic mass is 32.2. The summed E-state index contributed by atoms with van der Waals surface area (Å²) in [6.07, 6.45) is 1.66. The van der Waals surface area contributed by atoms with Gasteiger partial charge in [0.05, 0.1) is 12.7 Å². The van der Waals surface area contributed by atoms with Gasteiger partial charge >= 0.3 is 6.09 Å². The summed E-state index contributed by atoms with van der Waals surface area (Å²) in [4.78, 5) is 18.8. The Kier molecular flexibility index (Phi) is 10.6. The molecule has 0 radical (unpaired) electrons. The number of carbonyl (C=O) groups excluding carboxylic acids is 1. The van der Waals surface area contributed by atoms with Crippen LogP contribution in [0.15, 0.2) is 29.7 Å². The van der Waals surface area contributed by atoms with Crippen molar-refractivity contribution in [2.24, 2.45) is 0 Å². The van der Waals surface area contributed by atoms with Crippen molar-refractivity contribution in [1.29, 1.82) is 0 Å². The van der Waals surface area contributed by atoms with E-state index in [4.69, 9.17) is 14.2 Å². The zero-order chi connectivity index (χ0) is 29.7. The minimum Gasteiger partial charge on any atom is -0.474 e. The molecule has 2 aliphatic rings. The fourth-order valence-corrected chi connectivity index (χ4v) is 6.43. The molecule has 0 bridgehead atoms. The first kappa shape index (κ1) is 32.2. The Labute approximate surface area is 236 Å². The van der Waals surface area contributed by atoms with Crippen molar-refractivity contribution in [3.8, 4) is 5.88 Å². The van der Waals surface area contributed by atoms with Gasteiger partial charge in [-0.25, -0.2) is 27.0 Å². The second-order valence-electron chi connectivity index (χ2n) is 11.6. The van der Waals surface area contributed by atoms with Crippen LogP contribution in [0, 0.1) is 6.92 Å². The maximum absolute atomic E-state index is 13.7. The molecule has 1 aliphatic heterocycles. The molecular formula is C28H43F2N3O6S. The van der Waals surface area contributed by atoms with Gasteiger partial charge < -0.3 is 19.1 Å². The molecule has 226 valence electrons. The van der Waals surface area contributed by atoms with E-state index in [1.165, 1.54) is 16.4 Å². The number of pyridine rings is 1. The van der Waals surface area contributed by atoms with Crippen LogP contribution in [-0.2, 0) is 19.5 Å². The normalized spacial score (nSPS) is 21.1. The first-order valence-electron chi connectivity index (χ1n) is 13.9. The molecule has 9 nitrogen and oxygen atoms in total. The smallest absolute Gasteiger partial charge is 0.410 e. The third-order valence-corrected chi connectivity index (χ3v) is 8.84. The Balaban J connectivity index is 1.62. The van der Waals surface area contributed by atoms with Gasteiger partial charge in [0.15, 0.2) is 0 Å². The van der Waals surface area contributed by atoms with Crippen LogP contribution in [0.4, 0.5) is 13.6 Å². The van der Waals surface area contributed by atoms with Gasteiger partial charge in [-0.15, -0.1) is 0 Å². The first-order valence-corrected chi connectivity index (χ1v) is 15.3. The number of aryl methyl sites for hydroxylation is 1. The average Bonchev–Trinajstić information content (AvgIpc) is 3.33. The minimum absolute atomic E-state index is 0.0285. The van der Waals surface area contributed by atoms with Gasteiger partial charge in [0.1, 0.15) is 16.7 Å². The molecule has 0 spiro atoms. The zero-order valence-electron chi connectivity index (χ0n) is 24.2. The third kappa shape index (κ3) is 8.59. The quantitative estimate of drug-likeness (QED) is 0.243. The second-order valence-corrected chi connectivity index (χ2v) is 13.4. The second kappa shape index (κ2) is 13.1. The van der Waals surface area contributed by atoms with E-state index >= 15 is 0 Å². The van der Waals surface area contributed by atoms with Crippen LogP contribution in [0.5, 0.6) is 5.88 Å². The Morgan fingerprint density at radius 1 is 1.30 bits per heavy atom. The topological polar surface area (TPSA) is 98.3 Å². The molecule has 2 atom stereocenters. The molecule has 0 N–H and O–H groups in total. The zero-order valence-corrected chi connectivity index (χ0v) is 25.0. The molecular weight excluding hydrogens is 544 g/mol. The Morgan fingerprint density at radius 2 is 1.98 bits per heavy atom. The number of unbranched alkanes of at least 4 members (excludes halogenated alkanes) is 1. The lowest BCUT2D eigenvalue weighted by Gasteiger charge is -2.37. The summed E-state index contributed by atoms with van der Waals surface area (Å²) < 4.78 is 72.5. The summed E-state index contributed by atoms with van der Waals surface area (Å²) in [7, 11) is -3.94. The van der Waals surface area contributed by atoms with E-state index in [1.807, 2.05) is 6.92 Å². The highest BCUT2D eigenvalue weighted by molar-refractivity contribution is 7.89. The monoisotopic (exact) mass is 587 g/mol. The van der Waals surface area contributed by atoms with Crippen LogP contribution in [-0.4, -0.2) is 78.3 Å². The number of aromatic nitrogens is 1. The van der Waals surface area contributed by atoms with E-state index in [2.05, 4.69) is 11.6 Å². The fourth-order valence-electron chi connectivity index (χ4n) is 4.89. The Morgan fingerprint density at radius 3 is 2.60 bits per heavy atom. The number of carbonyl (C=O) groups is 1. The Hall–Kier alpha value is -2.31. The minimum atomic E-state index is -3.94. The number of hydrogen-bond donors (Lipinski definition) is 0. The molecule has 2 fully saturated rings. The van der Waals surface area contributed by atoms with Gasteiger partial charge in [-0.2, -0.15) is 4.31 Å². The van der Waals surface area contributed by atoms with Crippen molar-refractivity contribution in [1.82, 2.24) is 14.2 Å². The van der Waals surface area contributed by atoms with Crippen LogP contribution in [0.3, 0.4) is 0 Å². The van der Waals surface area contributed by atoms with Gasteiger partial charge in [-0.3, -0.25) is 0 Å². The van der Waals surface area contributed by atoms with Gasteiger partial charge in [-0.1, -0.05) is 6.58 Å². The van der Waals surface area contributed by atoms with Crippen molar-refractivity contribution in [3.63, 3.8) is 0 Å². The first-order chi connectivity index (χ1) is 18.6. The highest BCUT2D eigenvalue weighted by Gasteiger charge is 2.39. The number of amides is 1. The summed E-state index contributed by atoms with van der Waals surface area (Å²) in [5.41, 5.74) is -0.0765. The van der Waals surface area contributed by atoms with Crippen LogP contribution < -0.4 is 4.74 Å². The summed E-state index contributed by atoms with van der Waals surface area (Å²) in [6, 6.07) is 2.82. The third-order valence-electron chi connectivity index (χ3n) is 6.96. The molecule has 1 saturated heterocycles. The van der Waals surface area contributed by atoms with E-state index in [9.17, 15) is 22.0 Å². The summed E-state index contributed by atoms with van der Waals surface area (Å²) >= 11 is 0. The molecule has 1 amide bonds. The summed E-state index contributed by atoms with van der Waals surface area (Å²) in [6.45, 7) is 13.4. The van der Waals surface area contributed by atoms with E-state index in [1.54, 1.807) is 38.7 Å². The number of halogens is 2. The average molecular weight is 588 g/mol. The molecule has 0 aromatic carbocycles. The summed E-state index contributed by atoms with van der Waals surface area (Å²) in [5, 5.41) is 0. The van der Waals surface area contributed by atoms with E-state index < -0.39 is 33.9 Å². The van der Waals surface area contributed by atoms with Crippen LogP contribution in [0.25, 0.3) is 0 Å². The highest BCUT2D eigenvalue weighted by Crippen LogP contribution is 2.36. The van der Waals surface area contributed by atoms with Crippen molar-refractivity contribution in [3.05, 3.63) is 30.5 Å². The van der Waals surface area contributed by atoms with Crippen molar-refractivity contribution in [2.45, 2.75) is 114 Å². The van der Waals surface area contributed by atoms with Crippen LogP contribution in [0.1, 0.15) is 78.3 Å². The lowest BCUT2D eigenvalue weighted by atomic mass is 9.91. The number of alkyl halides is 2. The molecule has 1 saturated carbocycles. The maximum atomic E-state index is 13.7. The predicted molar refractivity (Wildman–Crippen MR) is 147 cm³/mol. The number of rotatable bonds is 11. The van der Waals surface area contributed by atoms with Gasteiger partial charge in [0.2, 0.25) is 11.8 Å². The summed E-state index contributed by atoms with van der Waals surface area (Å²) in [5.74, 6) is -2.66. The Bertz CT molecular complexity index is 1130. The van der Waals surface area contributed by atoms with Crippen molar-refractivity contribution < 1.29 is 36.2 Å². The van der Waals surface area contributed by atoms with Crippen molar-refractivity contribution >= 4 is 16.1 Å². The maximum Gasteiger partial charge on any atom is 0.410 e. The van der Waals surface area contributed by atoms with Crippen molar-refractivity contribution in [2.75, 3.05) is 19.7 Å². The standard InChI is InChI=1S/C28H43F2N3O6S/c1-7-24-33(18-19-37-24)40(35,36)23-12-11-20(2)31-25(23)38-21(3)10-8-9-17-32(26(34)39-27(4,5)6)22-13-15-28(29,30)16-14-22/h7,11-12,21-22,24H,1,8-10,13-19H2,2-6H3/t21-,24?/m1/s1. The van der Waals surface area contributed by atoms with Gasteiger partial charge in [-0.05, 0) is 84.9 Å². The lowest BCUT2D eigenvalue weighted by Crippen LogP contribution is -2.46. The molecule has 1 aromatic heterocycles. The molecule has 40 heavy (non-hydrogen) atoms. The molecule has 2 heterocycles. The molecule has 3 rings (SSSR count). The van der Waals surface area contributed by atoms with Gasteiger partial charge in [0.25, 0.3) is 10.0 Å². The molecule has 1 unspecified atom stereocenters. The molecule has 1 aliphatic carbocycles. The van der Waals surface area contributed by atoms with E-state index in [0.717, 1.165) is 0 Å². The fraction of sp³-hybridized carbons (Fsp3) is 0.714. The molecule has 12 heteroatoms. The molecule has 1 aromatic rings. The number of ether oxygens (including phenoxy) is 3. The van der Waals surface area contributed by atoms with Gasteiger partial charge in [0, 0.05) is 37.7 Å². The number of sulfonamides is 1. The SMILES string of the molecule is C=CC1OCCN1S(=O)(=O)c1ccc(C)nc1O[C@H](C)CCCCN(C(=O)OC(C)(C)C)C1CCC(F)(F)CC1. The van der Waals surface area contributed by atoms with Crippen LogP contribution in [0.2, 0.25) is 0 Å². The van der Waals surface area contributed by atoms with Crippen LogP contribution >= 0.6 is 0 Å². The number of hydrogen-bond acceptors (Lipinski definition) is 7. The predicted octanol–water partition coefficient (Wildman–Crippen LogP) is 5.68. The van der Waals surface area contributed by atoms with E-state index in [0.29, 0.717) is 31.5 Å². The largest absolute Gasteiger partial charge is 0.474 e.